The van der Waals surface area contributed by atoms with E-state index in [0.29, 0.717) is 40.6 Å². The molecule has 7 heteroatoms. The standard InChI is InChI=1S/C21H19ClN2O4/c1-3-6-14-9-13(11-18(19(14)25)28-4-2)10-17-20(26)24(21(27)23-17)16-8-5-7-15(22)12-16/h3,5,7-12,25H,1,4,6H2,2H3,(H,23,27)/b17-10+. The van der Waals surface area contributed by atoms with Crippen LogP contribution in [0, 0.1) is 0 Å². The maximum Gasteiger partial charge on any atom is 0.333 e. The van der Waals surface area contributed by atoms with Gasteiger partial charge in [-0.2, -0.15) is 0 Å². The number of ether oxygens (including phenoxy) is 1. The molecule has 3 amide bonds. The summed E-state index contributed by atoms with van der Waals surface area (Å²) in [5.74, 6) is -0.160. The zero-order chi connectivity index (χ0) is 20.3. The summed E-state index contributed by atoms with van der Waals surface area (Å²) in [7, 11) is 0. The average molecular weight is 399 g/mol. The largest absolute Gasteiger partial charge is 0.504 e. The monoisotopic (exact) mass is 398 g/mol. The Balaban J connectivity index is 1.98. The van der Waals surface area contributed by atoms with Crippen LogP contribution in [0.1, 0.15) is 18.1 Å². The number of urea groups is 1. The molecule has 0 aliphatic carbocycles. The van der Waals surface area contributed by atoms with Crippen LogP contribution in [0.3, 0.4) is 0 Å². The third-order valence-corrected chi connectivity index (χ3v) is 4.33. The van der Waals surface area contributed by atoms with Crippen LogP contribution in [0.4, 0.5) is 10.5 Å². The molecule has 28 heavy (non-hydrogen) atoms. The maximum atomic E-state index is 12.8. The van der Waals surface area contributed by atoms with Crippen LogP contribution >= 0.6 is 11.6 Å². The van der Waals surface area contributed by atoms with Gasteiger partial charge in [0.2, 0.25) is 0 Å². The first-order chi connectivity index (χ1) is 13.4. The van der Waals surface area contributed by atoms with Gasteiger partial charge in [-0.25, -0.2) is 9.69 Å². The first kappa shape index (κ1) is 19.5. The van der Waals surface area contributed by atoms with E-state index >= 15 is 0 Å². The highest BCUT2D eigenvalue weighted by atomic mass is 35.5. The highest BCUT2D eigenvalue weighted by Crippen LogP contribution is 2.33. The lowest BCUT2D eigenvalue weighted by Gasteiger charge is -2.12. The number of rotatable bonds is 6. The molecule has 3 rings (SSSR count). The van der Waals surface area contributed by atoms with Gasteiger partial charge < -0.3 is 15.2 Å². The zero-order valence-electron chi connectivity index (χ0n) is 15.2. The van der Waals surface area contributed by atoms with Crippen molar-refractivity contribution in [3.05, 3.63) is 70.9 Å². The number of amides is 3. The van der Waals surface area contributed by atoms with E-state index in [9.17, 15) is 14.7 Å². The minimum absolute atomic E-state index is 0.0336. The van der Waals surface area contributed by atoms with Crippen molar-refractivity contribution in [1.82, 2.24) is 5.32 Å². The Bertz CT molecular complexity index is 984. The fraction of sp³-hybridized carbons (Fsp3) is 0.143. The molecule has 6 nitrogen and oxygen atoms in total. The number of carbonyl (C=O) groups excluding carboxylic acids is 2. The van der Waals surface area contributed by atoms with Gasteiger partial charge >= 0.3 is 6.03 Å². The van der Waals surface area contributed by atoms with Crippen LogP contribution in [-0.2, 0) is 11.2 Å². The lowest BCUT2D eigenvalue weighted by Crippen LogP contribution is -2.30. The molecule has 0 unspecified atom stereocenters. The van der Waals surface area contributed by atoms with Crippen LogP contribution in [0.5, 0.6) is 11.5 Å². The minimum atomic E-state index is -0.561. The molecule has 1 fully saturated rings. The van der Waals surface area contributed by atoms with Crippen LogP contribution in [0.25, 0.3) is 6.08 Å². The molecule has 144 valence electrons. The topological polar surface area (TPSA) is 78.9 Å². The zero-order valence-corrected chi connectivity index (χ0v) is 16.0. The Labute approximate surface area is 167 Å². The second-order valence-corrected chi connectivity index (χ2v) is 6.50. The SMILES string of the molecule is C=CCc1cc(/C=C2/NC(=O)N(c3cccc(Cl)c3)C2=O)cc(OCC)c1O. The summed E-state index contributed by atoms with van der Waals surface area (Å²) in [5.41, 5.74) is 1.71. The van der Waals surface area contributed by atoms with Crippen molar-refractivity contribution in [3.63, 3.8) is 0 Å². The van der Waals surface area contributed by atoms with Gasteiger partial charge in [0.05, 0.1) is 12.3 Å². The van der Waals surface area contributed by atoms with Gasteiger partial charge in [0.15, 0.2) is 11.5 Å². The molecule has 1 aliphatic rings. The van der Waals surface area contributed by atoms with E-state index in [-0.39, 0.29) is 11.4 Å². The van der Waals surface area contributed by atoms with Crippen molar-refractivity contribution in [1.29, 1.82) is 0 Å². The minimum Gasteiger partial charge on any atom is -0.504 e. The lowest BCUT2D eigenvalue weighted by atomic mass is 10.0. The normalized spacial score (nSPS) is 15.1. The summed E-state index contributed by atoms with van der Waals surface area (Å²) in [6, 6.07) is 9.26. The lowest BCUT2D eigenvalue weighted by molar-refractivity contribution is -0.113. The smallest absolute Gasteiger partial charge is 0.333 e. The summed E-state index contributed by atoms with van der Waals surface area (Å²) in [5, 5.41) is 13.3. The third kappa shape index (κ3) is 3.87. The van der Waals surface area contributed by atoms with Gasteiger partial charge in [-0.1, -0.05) is 23.7 Å². The van der Waals surface area contributed by atoms with E-state index in [2.05, 4.69) is 11.9 Å². The van der Waals surface area contributed by atoms with Crippen molar-refractivity contribution < 1.29 is 19.4 Å². The van der Waals surface area contributed by atoms with E-state index in [1.807, 2.05) is 0 Å². The number of phenols is 1. The molecule has 0 bridgehead atoms. The maximum absolute atomic E-state index is 12.8. The summed E-state index contributed by atoms with van der Waals surface area (Å²) >= 11 is 5.96. The molecule has 0 spiro atoms. The molecule has 0 radical (unpaired) electrons. The Hall–Kier alpha value is -3.25. The van der Waals surface area contributed by atoms with Crippen LogP contribution in [0.15, 0.2) is 54.8 Å². The van der Waals surface area contributed by atoms with E-state index in [1.165, 1.54) is 6.07 Å². The Morgan fingerprint density at radius 3 is 2.75 bits per heavy atom. The molecule has 0 saturated carbocycles. The highest BCUT2D eigenvalue weighted by Gasteiger charge is 2.35. The number of anilines is 1. The number of imide groups is 1. The fourth-order valence-corrected chi connectivity index (χ4v) is 3.09. The van der Waals surface area contributed by atoms with Gasteiger partial charge in [0, 0.05) is 10.6 Å². The number of hydrogen-bond acceptors (Lipinski definition) is 4. The molecule has 2 aromatic rings. The number of nitrogens with one attached hydrogen (secondary N) is 1. The first-order valence-electron chi connectivity index (χ1n) is 8.67. The summed E-state index contributed by atoms with van der Waals surface area (Å²) in [4.78, 5) is 26.1. The first-order valence-corrected chi connectivity index (χ1v) is 9.04. The van der Waals surface area contributed by atoms with E-state index < -0.39 is 11.9 Å². The summed E-state index contributed by atoms with van der Waals surface area (Å²) < 4.78 is 5.47. The van der Waals surface area contributed by atoms with Crippen LogP contribution < -0.4 is 15.0 Å². The van der Waals surface area contributed by atoms with E-state index in [4.69, 9.17) is 16.3 Å². The van der Waals surface area contributed by atoms with E-state index in [1.54, 1.807) is 49.4 Å². The van der Waals surface area contributed by atoms with Gasteiger partial charge in [-0.15, -0.1) is 6.58 Å². The number of nitrogens with zero attached hydrogens (tertiary/aromatic N) is 1. The number of halogens is 1. The van der Waals surface area contributed by atoms with E-state index in [0.717, 1.165) is 4.90 Å². The molecule has 1 heterocycles. The summed E-state index contributed by atoms with van der Waals surface area (Å²) in [6.45, 7) is 5.86. The second kappa shape index (κ2) is 8.19. The van der Waals surface area contributed by atoms with Crippen molar-refractivity contribution in [2.24, 2.45) is 0 Å². The highest BCUT2D eigenvalue weighted by molar-refractivity contribution is 6.32. The number of phenolic OH excluding ortho intramolecular Hbond substituents is 1. The number of allylic oxidation sites excluding steroid dienone is 1. The fourth-order valence-electron chi connectivity index (χ4n) is 2.90. The molecule has 0 aromatic heterocycles. The van der Waals surface area contributed by atoms with Gasteiger partial charge in [0.25, 0.3) is 5.91 Å². The molecule has 2 aromatic carbocycles. The molecule has 0 atom stereocenters. The van der Waals surface area contributed by atoms with Gasteiger partial charge in [-0.05, 0) is 55.3 Å². The number of carbonyl (C=O) groups is 2. The number of aromatic hydroxyl groups is 1. The Morgan fingerprint density at radius 2 is 2.07 bits per heavy atom. The quantitative estimate of drug-likeness (QED) is 0.432. The molecular formula is C21H19ClN2O4. The van der Waals surface area contributed by atoms with Crippen LogP contribution in [0.2, 0.25) is 5.02 Å². The predicted molar refractivity (Wildman–Crippen MR) is 109 cm³/mol. The molecule has 1 saturated heterocycles. The second-order valence-electron chi connectivity index (χ2n) is 6.06. The summed E-state index contributed by atoms with van der Waals surface area (Å²) in [6.07, 6.45) is 3.63. The molecule has 2 N–H and O–H groups in total. The van der Waals surface area contributed by atoms with Crippen molar-refractivity contribution >= 4 is 35.3 Å². The molecule has 1 aliphatic heterocycles. The van der Waals surface area contributed by atoms with Gasteiger partial charge in [0.1, 0.15) is 5.70 Å². The third-order valence-electron chi connectivity index (χ3n) is 4.10. The number of benzene rings is 2. The van der Waals surface area contributed by atoms with Crippen molar-refractivity contribution in [3.8, 4) is 11.5 Å². The molecular weight excluding hydrogens is 380 g/mol. The van der Waals surface area contributed by atoms with Crippen molar-refractivity contribution in [2.45, 2.75) is 13.3 Å². The van der Waals surface area contributed by atoms with Crippen molar-refractivity contribution in [2.75, 3.05) is 11.5 Å². The predicted octanol–water partition coefficient (Wildman–Crippen LogP) is 4.27. The van der Waals surface area contributed by atoms with Crippen LogP contribution in [-0.4, -0.2) is 23.7 Å². The van der Waals surface area contributed by atoms with Gasteiger partial charge in [-0.3, -0.25) is 4.79 Å². The Kier molecular flexibility index (Phi) is 5.70. The number of hydrogen-bond donors (Lipinski definition) is 2. The average Bonchev–Trinajstić information content (AvgIpc) is 2.92. The Morgan fingerprint density at radius 1 is 1.29 bits per heavy atom.